The molecule has 0 bridgehead atoms. The predicted molar refractivity (Wildman–Crippen MR) is 81.3 cm³/mol. The second-order valence-corrected chi connectivity index (χ2v) is 7.16. The Bertz CT molecular complexity index is 424. The van der Waals surface area contributed by atoms with E-state index in [-0.39, 0.29) is 0 Å². The first-order valence-corrected chi connectivity index (χ1v) is 8.47. The molecule has 0 aliphatic carbocycles. The molecule has 0 radical (unpaired) electrons. The van der Waals surface area contributed by atoms with Crippen LogP contribution in [-0.2, 0) is 10.8 Å². The first-order valence-electron chi connectivity index (χ1n) is 6.98. The van der Waals surface area contributed by atoms with E-state index in [0.29, 0.717) is 12.0 Å². The second kappa shape index (κ2) is 6.94. The van der Waals surface area contributed by atoms with Gasteiger partial charge in [0.05, 0.1) is 12.3 Å². The van der Waals surface area contributed by atoms with Crippen LogP contribution in [0.1, 0.15) is 26.7 Å². The Morgan fingerprint density at radius 1 is 1.32 bits per heavy atom. The van der Waals surface area contributed by atoms with Crippen molar-refractivity contribution >= 4 is 16.5 Å². The zero-order chi connectivity index (χ0) is 13.7. The van der Waals surface area contributed by atoms with E-state index in [2.05, 4.69) is 25.2 Å². The van der Waals surface area contributed by atoms with Gasteiger partial charge in [-0.05, 0) is 30.9 Å². The van der Waals surface area contributed by atoms with Crippen molar-refractivity contribution < 1.29 is 8.95 Å². The van der Waals surface area contributed by atoms with E-state index >= 15 is 0 Å². The molecule has 106 valence electrons. The van der Waals surface area contributed by atoms with Crippen LogP contribution in [-0.4, -0.2) is 28.4 Å². The second-order valence-electron chi connectivity index (χ2n) is 5.47. The Balaban J connectivity index is 1.97. The minimum atomic E-state index is -0.605. The molecule has 1 saturated heterocycles. The highest BCUT2D eigenvalue weighted by Crippen LogP contribution is 2.26. The lowest BCUT2D eigenvalue weighted by Gasteiger charge is -2.25. The molecule has 0 amide bonds. The van der Waals surface area contributed by atoms with Crippen molar-refractivity contribution in [3.05, 3.63) is 24.3 Å². The average Bonchev–Trinajstić information content (AvgIpc) is 2.40. The van der Waals surface area contributed by atoms with E-state index in [1.54, 1.807) is 0 Å². The predicted octanol–water partition coefficient (Wildman–Crippen LogP) is 3.04. The summed E-state index contributed by atoms with van der Waals surface area (Å²) in [7, 11) is -0.605. The number of nitrogens with one attached hydrogen (secondary N) is 1. The molecule has 1 heterocycles. The summed E-state index contributed by atoms with van der Waals surface area (Å²) >= 11 is 0. The van der Waals surface area contributed by atoms with Crippen LogP contribution in [0.5, 0.6) is 5.75 Å². The monoisotopic (exact) mass is 281 g/mol. The van der Waals surface area contributed by atoms with E-state index in [9.17, 15) is 4.21 Å². The molecule has 0 saturated carbocycles. The van der Waals surface area contributed by atoms with Crippen LogP contribution in [0.2, 0.25) is 0 Å². The van der Waals surface area contributed by atoms with Crippen LogP contribution in [0.4, 0.5) is 5.69 Å². The van der Waals surface area contributed by atoms with Gasteiger partial charge in [-0.1, -0.05) is 26.0 Å². The van der Waals surface area contributed by atoms with E-state index in [4.69, 9.17) is 4.74 Å². The van der Waals surface area contributed by atoms with E-state index in [0.717, 1.165) is 42.4 Å². The molecular weight excluding hydrogens is 258 g/mol. The molecule has 1 N–H and O–H groups in total. The summed E-state index contributed by atoms with van der Waals surface area (Å²) in [6, 6.07) is 8.50. The third-order valence-electron chi connectivity index (χ3n) is 3.21. The Hall–Kier alpha value is -1.03. The first kappa shape index (κ1) is 14.4. The van der Waals surface area contributed by atoms with Crippen LogP contribution in [0.15, 0.2) is 24.3 Å². The normalized spacial score (nSPS) is 23.3. The first-order chi connectivity index (χ1) is 9.15. The summed E-state index contributed by atoms with van der Waals surface area (Å²) in [5.41, 5.74) is 1.06. The zero-order valence-electron chi connectivity index (χ0n) is 11.7. The maximum Gasteiger partial charge on any atom is 0.142 e. The van der Waals surface area contributed by atoms with Crippen molar-refractivity contribution in [1.82, 2.24) is 0 Å². The Morgan fingerprint density at radius 2 is 2.00 bits per heavy atom. The van der Waals surface area contributed by atoms with Crippen molar-refractivity contribution in [2.45, 2.75) is 32.7 Å². The van der Waals surface area contributed by atoms with Gasteiger partial charge in [0.15, 0.2) is 0 Å². The van der Waals surface area contributed by atoms with E-state index < -0.39 is 10.8 Å². The van der Waals surface area contributed by atoms with E-state index in [1.807, 2.05) is 18.2 Å². The molecule has 3 nitrogen and oxygen atoms in total. The van der Waals surface area contributed by atoms with Crippen LogP contribution in [0, 0.1) is 5.92 Å². The van der Waals surface area contributed by atoms with E-state index in [1.165, 1.54) is 0 Å². The van der Waals surface area contributed by atoms with Crippen molar-refractivity contribution in [1.29, 1.82) is 0 Å². The van der Waals surface area contributed by atoms with Gasteiger partial charge in [-0.2, -0.15) is 0 Å². The summed E-state index contributed by atoms with van der Waals surface area (Å²) in [5, 5.41) is 3.53. The number of ether oxygens (including phenoxy) is 1. The van der Waals surface area contributed by atoms with Crippen LogP contribution in [0.25, 0.3) is 0 Å². The fourth-order valence-electron chi connectivity index (χ4n) is 2.13. The topological polar surface area (TPSA) is 38.3 Å². The van der Waals surface area contributed by atoms with Crippen molar-refractivity contribution in [3.8, 4) is 5.75 Å². The van der Waals surface area contributed by atoms with Gasteiger partial charge in [-0.25, -0.2) is 0 Å². The highest BCUT2D eigenvalue weighted by Gasteiger charge is 2.18. The molecule has 1 aliphatic rings. The maximum atomic E-state index is 11.4. The molecule has 0 aromatic heterocycles. The van der Waals surface area contributed by atoms with Crippen molar-refractivity contribution in [2.24, 2.45) is 5.92 Å². The van der Waals surface area contributed by atoms with Crippen molar-refractivity contribution in [2.75, 3.05) is 23.4 Å². The maximum absolute atomic E-state index is 11.4. The highest BCUT2D eigenvalue weighted by molar-refractivity contribution is 7.85. The third-order valence-corrected chi connectivity index (χ3v) is 4.59. The lowest BCUT2D eigenvalue weighted by Crippen LogP contribution is -2.29. The number of rotatable bonds is 5. The molecule has 0 spiro atoms. The molecule has 1 fully saturated rings. The molecule has 1 aliphatic heterocycles. The smallest absolute Gasteiger partial charge is 0.142 e. The molecule has 0 atom stereocenters. The van der Waals surface area contributed by atoms with Gasteiger partial charge in [-0.15, -0.1) is 0 Å². The summed E-state index contributed by atoms with van der Waals surface area (Å²) < 4.78 is 17.2. The molecule has 4 heteroatoms. The molecule has 1 aromatic carbocycles. The number of para-hydroxylation sites is 2. The quantitative estimate of drug-likeness (QED) is 0.901. The number of anilines is 1. The lowest BCUT2D eigenvalue weighted by molar-refractivity contribution is 0.272. The van der Waals surface area contributed by atoms with Crippen LogP contribution >= 0.6 is 0 Å². The highest BCUT2D eigenvalue weighted by atomic mass is 32.2. The van der Waals surface area contributed by atoms with Gasteiger partial charge in [0.25, 0.3) is 0 Å². The minimum absolute atomic E-state index is 0.418. The van der Waals surface area contributed by atoms with Gasteiger partial charge in [0.1, 0.15) is 5.75 Å². The Labute approximate surface area is 118 Å². The number of benzene rings is 1. The molecular formula is C15H23NO2S. The Morgan fingerprint density at radius 3 is 2.68 bits per heavy atom. The Kier molecular flexibility index (Phi) is 5.25. The standard InChI is InChI=1S/C15H23NO2S/c1-12(2)11-18-15-6-4-3-5-14(15)16-13-7-9-19(17)10-8-13/h3-6,12-13,16H,7-11H2,1-2H3. The summed E-state index contributed by atoms with van der Waals surface area (Å²) in [5.74, 6) is 3.06. The molecule has 1 aromatic rings. The lowest BCUT2D eigenvalue weighted by atomic mass is 10.1. The largest absolute Gasteiger partial charge is 0.491 e. The molecule has 2 rings (SSSR count). The summed E-state index contributed by atoms with van der Waals surface area (Å²) in [6.45, 7) is 5.02. The minimum Gasteiger partial charge on any atom is -0.491 e. The SMILES string of the molecule is CC(C)COc1ccccc1NC1CCS(=O)CC1. The van der Waals surface area contributed by atoms with Gasteiger partial charge in [0, 0.05) is 28.3 Å². The van der Waals surface area contributed by atoms with Gasteiger partial charge in [-0.3, -0.25) is 4.21 Å². The van der Waals surface area contributed by atoms with Crippen LogP contribution in [0.3, 0.4) is 0 Å². The zero-order valence-corrected chi connectivity index (χ0v) is 12.5. The van der Waals surface area contributed by atoms with Gasteiger partial charge in [0.2, 0.25) is 0 Å². The average molecular weight is 281 g/mol. The number of hydrogen-bond donors (Lipinski definition) is 1. The summed E-state index contributed by atoms with van der Waals surface area (Å²) in [6.07, 6.45) is 1.95. The summed E-state index contributed by atoms with van der Waals surface area (Å²) in [4.78, 5) is 0. The fraction of sp³-hybridized carbons (Fsp3) is 0.600. The van der Waals surface area contributed by atoms with Crippen molar-refractivity contribution in [3.63, 3.8) is 0 Å². The third kappa shape index (κ3) is 4.53. The fourth-order valence-corrected chi connectivity index (χ4v) is 3.43. The molecule has 19 heavy (non-hydrogen) atoms. The van der Waals surface area contributed by atoms with Crippen LogP contribution < -0.4 is 10.1 Å². The number of hydrogen-bond acceptors (Lipinski definition) is 3. The van der Waals surface area contributed by atoms with Gasteiger partial charge >= 0.3 is 0 Å². The molecule has 0 unspecified atom stereocenters. The van der Waals surface area contributed by atoms with Gasteiger partial charge < -0.3 is 10.1 Å².